The molecule has 4 rings (SSSR count). The van der Waals surface area contributed by atoms with E-state index in [0.29, 0.717) is 24.2 Å². The topological polar surface area (TPSA) is 89.7 Å². The summed E-state index contributed by atoms with van der Waals surface area (Å²) >= 11 is 0. The van der Waals surface area contributed by atoms with Crippen molar-refractivity contribution in [2.45, 2.75) is 64.1 Å². The molecule has 8 heteroatoms. The van der Waals surface area contributed by atoms with Crippen LogP contribution in [0.5, 0.6) is 0 Å². The van der Waals surface area contributed by atoms with Gasteiger partial charge in [0.05, 0.1) is 12.6 Å². The highest BCUT2D eigenvalue weighted by molar-refractivity contribution is 5.92. The first-order chi connectivity index (χ1) is 12.6. The average molecular weight is 357 g/mol. The maximum Gasteiger partial charge on any atom is 0.272 e. The van der Waals surface area contributed by atoms with Gasteiger partial charge in [0.2, 0.25) is 0 Å². The lowest BCUT2D eigenvalue weighted by Gasteiger charge is -2.23. The number of nitrogens with one attached hydrogen (secondary N) is 2. The number of carbonyl (C=O) groups excluding carboxylic acids is 1. The van der Waals surface area contributed by atoms with Gasteiger partial charge in [-0.1, -0.05) is 13.8 Å². The van der Waals surface area contributed by atoms with Crippen molar-refractivity contribution in [1.82, 2.24) is 35.2 Å². The van der Waals surface area contributed by atoms with Gasteiger partial charge in [0, 0.05) is 31.1 Å². The van der Waals surface area contributed by atoms with E-state index in [1.54, 1.807) is 0 Å². The van der Waals surface area contributed by atoms with E-state index in [1.165, 1.54) is 0 Å². The summed E-state index contributed by atoms with van der Waals surface area (Å²) in [6.07, 6.45) is 5.89. The van der Waals surface area contributed by atoms with Gasteiger partial charge in [-0.2, -0.15) is 10.2 Å². The Kier molecular flexibility index (Phi) is 4.76. The van der Waals surface area contributed by atoms with E-state index in [4.69, 9.17) is 0 Å². The first-order valence-corrected chi connectivity index (χ1v) is 9.60. The fourth-order valence-corrected chi connectivity index (χ4v) is 3.67. The Morgan fingerprint density at radius 2 is 2.23 bits per heavy atom. The minimum absolute atomic E-state index is 0.0678. The van der Waals surface area contributed by atoms with Crippen LogP contribution in [0.4, 0.5) is 0 Å². The molecule has 0 saturated carbocycles. The summed E-state index contributed by atoms with van der Waals surface area (Å²) in [5, 5.41) is 15.6. The Balaban J connectivity index is 1.38. The maximum atomic E-state index is 12.6. The Hall–Kier alpha value is -2.22. The fourth-order valence-electron chi connectivity index (χ4n) is 3.67. The summed E-state index contributed by atoms with van der Waals surface area (Å²) in [6, 6.07) is 2.22. The van der Waals surface area contributed by atoms with Crippen molar-refractivity contribution < 1.29 is 4.79 Å². The van der Waals surface area contributed by atoms with Crippen LogP contribution in [0, 0.1) is 0 Å². The largest absolute Gasteiger partial charge is 0.346 e. The Morgan fingerprint density at radius 1 is 1.35 bits per heavy atom. The van der Waals surface area contributed by atoms with Crippen molar-refractivity contribution in [2.75, 3.05) is 13.1 Å². The molecule has 0 radical (unpaired) electrons. The van der Waals surface area contributed by atoms with E-state index >= 15 is 0 Å². The zero-order valence-electron chi connectivity index (χ0n) is 15.5. The van der Waals surface area contributed by atoms with Gasteiger partial charge < -0.3 is 10.6 Å². The molecule has 0 aromatic carbocycles. The maximum absolute atomic E-state index is 12.6. The minimum Gasteiger partial charge on any atom is -0.346 e. The lowest BCUT2D eigenvalue weighted by atomic mass is 10.1. The van der Waals surface area contributed by atoms with Crippen molar-refractivity contribution in [1.29, 1.82) is 0 Å². The number of aromatic nitrogens is 5. The molecule has 2 aromatic heterocycles. The third kappa shape index (κ3) is 3.51. The van der Waals surface area contributed by atoms with E-state index in [1.807, 2.05) is 21.6 Å². The quantitative estimate of drug-likeness (QED) is 0.860. The van der Waals surface area contributed by atoms with Crippen LogP contribution in [0.2, 0.25) is 0 Å². The number of aryl methyl sites for hydroxylation is 1. The molecule has 2 aromatic rings. The molecule has 4 heterocycles. The average Bonchev–Trinajstić information content (AvgIpc) is 3.29. The van der Waals surface area contributed by atoms with Crippen LogP contribution >= 0.6 is 0 Å². The summed E-state index contributed by atoms with van der Waals surface area (Å²) in [4.78, 5) is 17.2. The molecule has 2 aliphatic rings. The molecule has 2 atom stereocenters. The molecule has 2 unspecified atom stereocenters. The molecule has 0 aliphatic carbocycles. The van der Waals surface area contributed by atoms with Crippen molar-refractivity contribution in [3.8, 4) is 0 Å². The highest BCUT2D eigenvalue weighted by Crippen LogP contribution is 2.18. The number of hydrogen-bond acceptors (Lipinski definition) is 5. The summed E-state index contributed by atoms with van der Waals surface area (Å²) in [5.41, 5.74) is 0.489. The Labute approximate surface area is 153 Å². The predicted molar refractivity (Wildman–Crippen MR) is 97.1 cm³/mol. The van der Waals surface area contributed by atoms with Crippen LogP contribution in [0.1, 0.15) is 67.2 Å². The number of piperidine rings is 1. The SMILES string of the molecule is CC(C)c1nc2n(n1)CC(NC(=O)c1ccn(C3CCCNC3)n1)CC2. The van der Waals surface area contributed by atoms with Crippen molar-refractivity contribution >= 4 is 5.91 Å². The minimum atomic E-state index is -0.106. The molecule has 2 N–H and O–H groups in total. The summed E-state index contributed by atoms with van der Waals surface area (Å²) < 4.78 is 3.86. The normalized spacial score (nSPS) is 23.0. The van der Waals surface area contributed by atoms with E-state index < -0.39 is 0 Å². The first kappa shape index (κ1) is 17.2. The lowest BCUT2D eigenvalue weighted by Crippen LogP contribution is -2.41. The second kappa shape index (κ2) is 7.19. The number of amides is 1. The predicted octanol–water partition coefficient (Wildman–Crippen LogP) is 1.27. The molecule has 8 nitrogen and oxygen atoms in total. The van der Waals surface area contributed by atoms with Crippen LogP contribution in [0.3, 0.4) is 0 Å². The van der Waals surface area contributed by atoms with E-state index in [2.05, 4.69) is 39.7 Å². The second-order valence-corrected chi connectivity index (χ2v) is 7.61. The molecule has 1 saturated heterocycles. The molecular formula is C18H27N7O. The van der Waals surface area contributed by atoms with Gasteiger partial charge in [-0.25, -0.2) is 9.67 Å². The highest BCUT2D eigenvalue weighted by Gasteiger charge is 2.25. The van der Waals surface area contributed by atoms with Gasteiger partial charge in [-0.3, -0.25) is 9.48 Å². The molecule has 0 spiro atoms. The number of nitrogens with zero attached hydrogens (tertiary/aromatic N) is 5. The monoisotopic (exact) mass is 357 g/mol. The van der Waals surface area contributed by atoms with Crippen LogP contribution < -0.4 is 10.6 Å². The molecule has 2 aliphatic heterocycles. The van der Waals surface area contributed by atoms with Crippen molar-refractivity contribution in [2.24, 2.45) is 0 Å². The molecular weight excluding hydrogens is 330 g/mol. The number of carbonyl (C=O) groups is 1. The fraction of sp³-hybridized carbons (Fsp3) is 0.667. The van der Waals surface area contributed by atoms with E-state index in [9.17, 15) is 4.79 Å². The van der Waals surface area contributed by atoms with E-state index in [-0.39, 0.29) is 11.9 Å². The van der Waals surface area contributed by atoms with Gasteiger partial charge in [0.15, 0.2) is 5.82 Å². The highest BCUT2D eigenvalue weighted by atomic mass is 16.2. The van der Waals surface area contributed by atoms with E-state index in [0.717, 1.165) is 50.4 Å². The second-order valence-electron chi connectivity index (χ2n) is 7.61. The molecule has 26 heavy (non-hydrogen) atoms. The van der Waals surface area contributed by atoms with Gasteiger partial charge in [0.25, 0.3) is 5.91 Å². The third-order valence-corrected chi connectivity index (χ3v) is 5.21. The van der Waals surface area contributed by atoms with Crippen LogP contribution in [0.25, 0.3) is 0 Å². The van der Waals surface area contributed by atoms with Gasteiger partial charge in [-0.15, -0.1) is 0 Å². The molecule has 0 bridgehead atoms. The third-order valence-electron chi connectivity index (χ3n) is 5.21. The zero-order chi connectivity index (χ0) is 18.1. The van der Waals surface area contributed by atoms with Gasteiger partial charge in [0.1, 0.15) is 11.5 Å². The molecule has 1 amide bonds. The summed E-state index contributed by atoms with van der Waals surface area (Å²) in [6.45, 7) is 6.85. The van der Waals surface area contributed by atoms with Gasteiger partial charge >= 0.3 is 0 Å². The van der Waals surface area contributed by atoms with Gasteiger partial charge in [-0.05, 0) is 31.9 Å². The van der Waals surface area contributed by atoms with Crippen LogP contribution in [0.15, 0.2) is 12.3 Å². The zero-order valence-corrected chi connectivity index (χ0v) is 15.5. The van der Waals surface area contributed by atoms with Crippen LogP contribution in [-0.4, -0.2) is 49.6 Å². The molecule has 140 valence electrons. The summed E-state index contributed by atoms with van der Waals surface area (Å²) in [5.74, 6) is 2.12. The number of hydrogen-bond donors (Lipinski definition) is 2. The lowest BCUT2D eigenvalue weighted by molar-refractivity contribution is 0.0919. The number of fused-ring (bicyclic) bond motifs is 1. The smallest absolute Gasteiger partial charge is 0.272 e. The standard InChI is InChI=1S/C18H27N7O/c1-12(2)17-21-16-6-5-13(11-25(16)23-17)20-18(26)15-7-9-24(22-15)14-4-3-8-19-10-14/h7,9,12-14,19H,3-6,8,10-11H2,1-2H3,(H,20,26). The number of rotatable bonds is 4. The Bertz CT molecular complexity index is 772. The van der Waals surface area contributed by atoms with Crippen LogP contribution in [-0.2, 0) is 13.0 Å². The Morgan fingerprint density at radius 3 is 3.00 bits per heavy atom. The van der Waals surface area contributed by atoms with Crippen molar-refractivity contribution in [3.05, 3.63) is 29.6 Å². The molecule has 1 fully saturated rings. The van der Waals surface area contributed by atoms with Crippen molar-refractivity contribution in [3.63, 3.8) is 0 Å². The summed E-state index contributed by atoms with van der Waals surface area (Å²) in [7, 11) is 0. The first-order valence-electron chi connectivity index (χ1n) is 9.60.